The van der Waals surface area contributed by atoms with Crippen molar-refractivity contribution in [3.63, 3.8) is 0 Å². The summed E-state index contributed by atoms with van der Waals surface area (Å²) in [6, 6.07) is 12.8. The Morgan fingerprint density at radius 2 is 1.62 bits per heavy atom. The van der Waals surface area contributed by atoms with E-state index in [9.17, 15) is 16.8 Å². The zero-order valence-corrected chi connectivity index (χ0v) is 13.0. The Morgan fingerprint density at radius 3 is 2.29 bits per heavy atom. The first-order valence-electron chi connectivity index (χ1n) is 6.44. The molecule has 0 bridgehead atoms. The zero-order chi connectivity index (χ0) is 15.3. The largest absolute Gasteiger partial charge is 0.224 e. The number of aryl methyl sites for hydroxylation is 1. The van der Waals surface area contributed by atoms with E-state index in [0.717, 1.165) is 5.56 Å². The van der Waals surface area contributed by atoms with Crippen molar-refractivity contribution in [1.82, 2.24) is 0 Å². The van der Waals surface area contributed by atoms with Gasteiger partial charge in [0.2, 0.25) is 0 Å². The molecule has 1 atom stereocenters. The van der Waals surface area contributed by atoms with Gasteiger partial charge in [0.05, 0.1) is 15.5 Å². The molecule has 0 fully saturated rings. The maximum Gasteiger partial charge on any atom is 0.186 e. The first-order valence-corrected chi connectivity index (χ1v) is 9.64. The van der Waals surface area contributed by atoms with Gasteiger partial charge >= 0.3 is 0 Å². The zero-order valence-electron chi connectivity index (χ0n) is 11.4. The van der Waals surface area contributed by atoms with Crippen LogP contribution in [-0.4, -0.2) is 22.6 Å². The highest BCUT2D eigenvalue weighted by molar-refractivity contribution is 7.96. The Morgan fingerprint density at radius 1 is 1.00 bits per heavy atom. The summed E-state index contributed by atoms with van der Waals surface area (Å²) in [4.78, 5) is 0.288. The summed E-state index contributed by atoms with van der Waals surface area (Å²) in [6.07, 6.45) is 0. The minimum Gasteiger partial charge on any atom is -0.224 e. The summed E-state index contributed by atoms with van der Waals surface area (Å²) in [6.45, 7) is 1.87. The maximum absolute atomic E-state index is 12.7. The Hall–Kier alpha value is -1.66. The van der Waals surface area contributed by atoms with Crippen LogP contribution < -0.4 is 0 Å². The molecule has 0 radical (unpaired) electrons. The fourth-order valence-electron chi connectivity index (χ4n) is 2.56. The lowest BCUT2D eigenvalue weighted by molar-refractivity contribution is 0.582. The molecule has 21 heavy (non-hydrogen) atoms. The number of sulfone groups is 2. The van der Waals surface area contributed by atoms with Crippen LogP contribution >= 0.6 is 0 Å². The Balaban J connectivity index is 2.16. The van der Waals surface area contributed by atoms with Crippen molar-refractivity contribution in [3.05, 3.63) is 59.7 Å². The smallest absolute Gasteiger partial charge is 0.186 e. The van der Waals surface area contributed by atoms with Crippen LogP contribution in [-0.2, 0) is 19.7 Å². The average Bonchev–Trinajstić information content (AvgIpc) is 2.73. The van der Waals surface area contributed by atoms with Crippen molar-refractivity contribution in [3.8, 4) is 0 Å². The van der Waals surface area contributed by atoms with Crippen molar-refractivity contribution < 1.29 is 16.8 Å². The predicted octanol–water partition coefficient (Wildman–Crippen LogP) is 2.30. The second kappa shape index (κ2) is 4.68. The quantitative estimate of drug-likeness (QED) is 0.851. The maximum atomic E-state index is 12.7. The SMILES string of the molecule is Cc1ccc(S(=O)(=O)[C@H]2CS(=O)(=O)c3ccccc32)cc1. The van der Waals surface area contributed by atoms with Crippen LogP contribution in [0.1, 0.15) is 16.4 Å². The van der Waals surface area contributed by atoms with E-state index < -0.39 is 24.9 Å². The Labute approximate surface area is 124 Å². The van der Waals surface area contributed by atoms with Gasteiger partial charge in [-0.15, -0.1) is 0 Å². The van der Waals surface area contributed by atoms with Crippen molar-refractivity contribution in [2.75, 3.05) is 5.75 Å². The van der Waals surface area contributed by atoms with Gasteiger partial charge in [-0.2, -0.15) is 0 Å². The molecule has 0 saturated heterocycles. The lowest BCUT2D eigenvalue weighted by Gasteiger charge is -2.12. The van der Waals surface area contributed by atoms with Crippen LogP contribution in [0, 0.1) is 6.92 Å². The molecule has 0 saturated carbocycles. The fourth-order valence-corrected chi connectivity index (χ4v) is 6.88. The summed E-state index contributed by atoms with van der Waals surface area (Å²) in [7, 11) is -7.25. The first kappa shape index (κ1) is 14.3. The third-order valence-corrected chi connectivity index (χ3v) is 7.82. The minimum atomic E-state index is -3.72. The third-order valence-electron chi connectivity index (χ3n) is 3.70. The van der Waals surface area contributed by atoms with Crippen molar-refractivity contribution in [2.24, 2.45) is 0 Å². The van der Waals surface area contributed by atoms with E-state index in [2.05, 4.69) is 0 Å². The highest BCUT2D eigenvalue weighted by atomic mass is 32.2. The normalized spacial score (nSPS) is 20.1. The third kappa shape index (κ3) is 2.28. The van der Waals surface area contributed by atoms with Crippen LogP contribution in [0.2, 0.25) is 0 Å². The molecule has 2 aromatic rings. The number of benzene rings is 2. The topological polar surface area (TPSA) is 68.3 Å². The Kier molecular flexibility index (Phi) is 3.18. The minimum absolute atomic E-state index is 0.130. The number of rotatable bonds is 2. The van der Waals surface area contributed by atoms with Crippen molar-refractivity contribution >= 4 is 19.7 Å². The molecule has 1 heterocycles. The molecule has 0 spiro atoms. The molecule has 0 N–H and O–H groups in total. The molecule has 0 aliphatic carbocycles. The molecular formula is C15H14O4S2. The van der Waals surface area contributed by atoms with Gasteiger partial charge in [-0.3, -0.25) is 0 Å². The monoisotopic (exact) mass is 322 g/mol. The summed E-state index contributed by atoms with van der Waals surface area (Å²) in [5.41, 5.74) is 1.33. The van der Waals surface area contributed by atoms with Crippen LogP contribution in [0.4, 0.5) is 0 Å². The van der Waals surface area contributed by atoms with Gasteiger partial charge < -0.3 is 0 Å². The number of hydrogen-bond donors (Lipinski definition) is 0. The van der Waals surface area contributed by atoms with Crippen LogP contribution in [0.5, 0.6) is 0 Å². The summed E-state index contributed by atoms with van der Waals surface area (Å²) in [5, 5.41) is -1.03. The summed E-state index contributed by atoms with van der Waals surface area (Å²) >= 11 is 0. The number of fused-ring (bicyclic) bond motifs is 1. The van der Waals surface area contributed by atoms with Gasteiger partial charge in [0.15, 0.2) is 19.7 Å². The van der Waals surface area contributed by atoms with Crippen molar-refractivity contribution in [2.45, 2.75) is 22.0 Å². The van der Waals surface area contributed by atoms with Gasteiger partial charge in [-0.25, -0.2) is 16.8 Å². The van der Waals surface area contributed by atoms with Crippen LogP contribution in [0.15, 0.2) is 58.3 Å². The highest BCUT2D eigenvalue weighted by Gasteiger charge is 2.42. The van der Waals surface area contributed by atoms with Gasteiger partial charge in [0.1, 0.15) is 5.25 Å². The lowest BCUT2D eigenvalue weighted by Crippen LogP contribution is -2.15. The number of hydrogen-bond acceptors (Lipinski definition) is 4. The molecule has 0 unspecified atom stereocenters. The van der Waals surface area contributed by atoms with E-state index in [4.69, 9.17) is 0 Å². The molecular weight excluding hydrogens is 308 g/mol. The van der Waals surface area contributed by atoms with E-state index in [1.165, 1.54) is 18.2 Å². The first-order chi connectivity index (χ1) is 9.82. The standard InChI is InChI=1S/C15H14O4S2/c1-11-6-8-12(9-7-11)21(18,19)15-10-20(16,17)14-5-3-2-4-13(14)15/h2-9,15H,10H2,1H3/t15-/m0/s1. The van der Waals surface area contributed by atoms with Gasteiger partial charge in [-0.1, -0.05) is 35.9 Å². The summed E-state index contributed by atoms with van der Waals surface area (Å²) < 4.78 is 49.7. The van der Waals surface area contributed by atoms with Gasteiger partial charge in [-0.05, 0) is 30.7 Å². The molecule has 0 amide bonds. The molecule has 2 aromatic carbocycles. The second-order valence-corrected chi connectivity index (χ2v) is 9.30. The van der Waals surface area contributed by atoms with Crippen molar-refractivity contribution in [1.29, 1.82) is 0 Å². The van der Waals surface area contributed by atoms with E-state index in [-0.39, 0.29) is 15.5 Å². The predicted molar refractivity (Wildman–Crippen MR) is 79.6 cm³/mol. The molecule has 6 heteroatoms. The van der Waals surface area contributed by atoms with E-state index in [1.54, 1.807) is 30.3 Å². The van der Waals surface area contributed by atoms with Crippen LogP contribution in [0.25, 0.3) is 0 Å². The van der Waals surface area contributed by atoms with E-state index in [1.807, 2.05) is 6.92 Å². The lowest BCUT2D eigenvalue weighted by atomic mass is 10.2. The average molecular weight is 322 g/mol. The second-order valence-electron chi connectivity index (χ2n) is 5.17. The molecule has 4 nitrogen and oxygen atoms in total. The molecule has 0 aromatic heterocycles. The Bertz CT molecular complexity index is 895. The van der Waals surface area contributed by atoms with Gasteiger partial charge in [0.25, 0.3) is 0 Å². The van der Waals surface area contributed by atoms with E-state index in [0.29, 0.717) is 5.56 Å². The van der Waals surface area contributed by atoms with Gasteiger partial charge in [0, 0.05) is 0 Å². The molecule has 110 valence electrons. The fraction of sp³-hybridized carbons (Fsp3) is 0.200. The van der Waals surface area contributed by atoms with Crippen LogP contribution in [0.3, 0.4) is 0 Å². The highest BCUT2D eigenvalue weighted by Crippen LogP contribution is 2.40. The molecule has 1 aliphatic rings. The van der Waals surface area contributed by atoms with E-state index >= 15 is 0 Å². The molecule has 1 aliphatic heterocycles. The molecule has 3 rings (SSSR count). The summed E-state index contributed by atoms with van der Waals surface area (Å²) in [5.74, 6) is -0.386.